The highest BCUT2D eigenvalue weighted by Gasteiger charge is 2.13. The van der Waals surface area contributed by atoms with E-state index in [1.54, 1.807) is 6.20 Å². The molecule has 4 aromatic rings. The zero-order valence-electron chi connectivity index (χ0n) is 18.8. The molecule has 4 rings (SSSR count). The average molecular weight is 450 g/mol. The minimum Gasteiger partial charge on any atom is -0.426 e. The van der Waals surface area contributed by atoms with Gasteiger partial charge in [-0.25, -0.2) is 9.97 Å². The van der Waals surface area contributed by atoms with E-state index in [1.165, 1.54) is 12.0 Å². The van der Waals surface area contributed by atoms with Gasteiger partial charge in [0.2, 0.25) is 11.9 Å². The first-order valence-electron chi connectivity index (χ1n) is 10.3. The molecule has 2 N–H and O–H groups in total. The Hall–Kier alpha value is -3.46. The van der Waals surface area contributed by atoms with Crippen molar-refractivity contribution in [3.05, 3.63) is 54.7 Å². The summed E-state index contributed by atoms with van der Waals surface area (Å²) in [6.07, 6.45) is 3.62. The number of fused-ring (bicyclic) bond motifs is 1. The molecular weight excluding hydrogens is 422 g/mol. The highest BCUT2D eigenvalue weighted by atomic mass is 32.2. The van der Waals surface area contributed by atoms with Crippen molar-refractivity contribution in [2.75, 3.05) is 28.8 Å². The zero-order valence-corrected chi connectivity index (χ0v) is 19.6. The number of aromatic nitrogens is 4. The minimum atomic E-state index is 0.313. The molecule has 2 aromatic heterocycles. The van der Waals surface area contributed by atoms with Crippen LogP contribution in [0.25, 0.3) is 11.0 Å². The highest BCUT2D eigenvalue weighted by Crippen LogP contribution is 2.28. The standard InChI is InChI=1S/C23H27N7OS/c1-15(2)25-23-27-19-14-17(9-10-20(19)30(23)4)29(3)21-11-12-24-22(28-21)26-16-7-6-8-18(13-16)31-32-5/h6-15H,1-5H3,(H,25,27)(H,24,26,28). The number of nitrogens with zero attached hydrogens (tertiary/aromatic N) is 5. The highest BCUT2D eigenvalue weighted by molar-refractivity contribution is 7.94. The van der Waals surface area contributed by atoms with Gasteiger partial charge < -0.3 is 24.3 Å². The molecule has 0 aliphatic rings. The topological polar surface area (TPSA) is 80.1 Å². The zero-order chi connectivity index (χ0) is 22.7. The average Bonchev–Trinajstić information content (AvgIpc) is 3.08. The quantitative estimate of drug-likeness (QED) is 0.348. The predicted molar refractivity (Wildman–Crippen MR) is 133 cm³/mol. The summed E-state index contributed by atoms with van der Waals surface area (Å²) in [6.45, 7) is 4.21. The summed E-state index contributed by atoms with van der Waals surface area (Å²) < 4.78 is 7.56. The van der Waals surface area contributed by atoms with Crippen LogP contribution in [-0.2, 0) is 7.05 Å². The van der Waals surface area contributed by atoms with Gasteiger partial charge in [-0.2, -0.15) is 4.98 Å². The number of rotatable bonds is 8. The van der Waals surface area contributed by atoms with Gasteiger partial charge >= 0.3 is 0 Å². The summed E-state index contributed by atoms with van der Waals surface area (Å²) in [5.74, 6) is 2.91. The molecule has 9 heteroatoms. The van der Waals surface area contributed by atoms with Crippen LogP contribution in [0.3, 0.4) is 0 Å². The molecular formula is C23H27N7OS. The van der Waals surface area contributed by atoms with E-state index in [4.69, 9.17) is 9.17 Å². The molecule has 0 aliphatic heterocycles. The number of aryl methyl sites for hydroxylation is 1. The van der Waals surface area contributed by atoms with Crippen molar-refractivity contribution in [2.45, 2.75) is 19.9 Å². The molecule has 0 bridgehead atoms. The summed E-state index contributed by atoms with van der Waals surface area (Å²) in [4.78, 5) is 15.8. The van der Waals surface area contributed by atoms with Crippen LogP contribution in [0.4, 0.5) is 29.1 Å². The number of anilines is 5. The second-order valence-electron chi connectivity index (χ2n) is 7.67. The van der Waals surface area contributed by atoms with E-state index in [9.17, 15) is 0 Å². The fraction of sp³-hybridized carbons (Fsp3) is 0.261. The lowest BCUT2D eigenvalue weighted by atomic mass is 10.2. The maximum atomic E-state index is 5.49. The number of hydrogen-bond acceptors (Lipinski definition) is 8. The molecule has 0 amide bonds. The van der Waals surface area contributed by atoms with Gasteiger partial charge in [-0.1, -0.05) is 6.07 Å². The third kappa shape index (κ3) is 4.72. The Labute approximate surface area is 192 Å². The van der Waals surface area contributed by atoms with Crippen molar-refractivity contribution in [2.24, 2.45) is 7.05 Å². The van der Waals surface area contributed by atoms with E-state index in [0.717, 1.165) is 39.9 Å². The van der Waals surface area contributed by atoms with Crippen LogP contribution in [-0.4, -0.2) is 38.9 Å². The minimum absolute atomic E-state index is 0.313. The molecule has 0 fully saturated rings. The van der Waals surface area contributed by atoms with E-state index in [-0.39, 0.29) is 0 Å². The van der Waals surface area contributed by atoms with E-state index < -0.39 is 0 Å². The molecule has 0 spiro atoms. The van der Waals surface area contributed by atoms with E-state index in [1.807, 2.05) is 55.6 Å². The summed E-state index contributed by atoms with van der Waals surface area (Å²) in [5.41, 5.74) is 3.85. The van der Waals surface area contributed by atoms with Gasteiger partial charge in [0.1, 0.15) is 11.6 Å². The molecule has 0 saturated heterocycles. The molecule has 0 atom stereocenters. The Morgan fingerprint density at radius 2 is 1.94 bits per heavy atom. The van der Waals surface area contributed by atoms with Crippen LogP contribution in [0.1, 0.15) is 13.8 Å². The Kier molecular flexibility index (Phi) is 6.36. The molecule has 0 unspecified atom stereocenters. The van der Waals surface area contributed by atoms with Crippen molar-refractivity contribution >= 4 is 52.2 Å². The van der Waals surface area contributed by atoms with Crippen LogP contribution in [0.15, 0.2) is 54.7 Å². The molecule has 0 aliphatic carbocycles. The Morgan fingerprint density at radius 1 is 1.09 bits per heavy atom. The molecule has 0 radical (unpaired) electrons. The second-order valence-corrected chi connectivity index (χ2v) is 8.17. The molecule has 0 saturated carbocycles. The number of benzene rings is 2. The van der Waals surface area contributed by atoms with Gasteiger partial charge in [0.05, 0.1) is 23.1 Å². The summed E-state index contributed by atoms with van der Waals surface area (Å²) in [5, 5.41) is 6.63. The first kappa shape index (κ1) is 21.8. The van der Waals surface area contributed by atoms with Crippen LogP contribution >= 0.6 is 12.0 Å². The van der Waals surface area contributed by atoms with Crippen LogP contribution in [0, 0.1) is 0 Å². The third-order valence-electron chi connectivity index (χ3n) is 4.92. The lowest BCUT2D eigenvalue weighted by Gasteiger charge is -2.19. The van der Waals surface area contributed by atoms with Gasteiger partial charge in [0, 0.05) is 50.0 Å². The first-order valence-corrected chi connectivity index (χ1v) is 11.5. The fourth-order valence-electron chi connectivity index (χ4n) is 3.36. The SMILES string of the molecule is CSOc1cccc(Nc2nccc(N(C)c3ccc4c(c3)nc(NC(C)C)n4C)n2)c1. The van der Waals surface area contributed by atoms with E-state index in [0.29, 0.717) is 12.0 Å². The molecule has 32 heavy (non-hydrogen) atoms. The number of imidazole rings is 1. The molecule has 2 aromatic carbocycles. The van der Waals surface area contributed by atoms with Gasteiger partial charge in [-0.3, -0.25) is 0 Å². The Balaban J connectivity index is 1.57. The maximum Gasteiger partial charge on any atom is 0.229 e. The molecule has 166 valence electrons. The third-order valence-corrected chi connectivity index (χ3v) is 5.28. The maximum absolute atomic E-state index is 5.49. The first-order chi connectivity index (χ1) is 15.4. The van der Waals surface area contributed by atoms with Gasteiger partial charge in [0.15, 0.2) is 0 Å². The Morgan fingerprint density at radius 3 is 2.72 bits per heavy atom. The van der Waals surface area contributed by atoms with Crippen molar-refractivity contribution in [1.82, 2.24) is 19.5 Å². The van der Waals surface area contributed by atoms with Gasteiger partial charge in [-0.05, 0) is 50.2 Å². The molecule has 8 nitrogen and oxygen atoms in total. The van der Waals surface area contributed by atoms with Crippen molar-refractivity contribution in [3.63, 3.8) is 0 Å². The van der Waals surface area contributed by atoms with Crippen LogP contribution in [0.5, 0.6) is 5.75 Å². The van der Waals surface area contributed by atoms with Crippen LogP contribution in [0.2, 0.25) is 0 Å². The normalized spacial score (nSPS) is 11.1. The van der Waals surface area contributed by atoms with Crippen LogP contribution < -0.4 is 19.7 Å². The van der Waals surface area contributed by atoms with Gasteiger partial charge in [-0.15, -0.1) is 0 Å². The smallest absolute Gasteiger partial charge is 0.229 e. The van der Waals surface area contributed by atoms with Gasteiger partial charge in [0.25, 0.3) is 0 Å². The van der Waals surface area contributed by atoms with Crippen molar-refractivity contribution in [3.8, 4) is 5.75 Å². The summed E-state index contributed by atoms with van der Waals surface area (Å²) in [6, 6.07) is 16.1. The predicted octanol–water partition coefficient (Wildman–Crippen LogP) is 5.35. The molecule has 2 heterocycles. The number of hydrogen-bond donors (Lipinski definition) is 2. The summed E-state index contributed by atoms with van der Waals surface area (Å²) in [7, 11) is 4.00. The van der Waals surface area contributed by atoms with E-state index >= 15 is 0 Å². The second kappa shape index (κ2) is 9.35. The number of nitrogens with one attached hydrogen (secondary N) is 2. The Bertz CT molecular complexity index is 1220. The fourth-order valence-corrected chi connectivity index (χ4v) is 3.66. The lowest BCUT2D eigenvalue weighted by molar-refractivity contribution is 0.651. The van der Waals surface area contributed by atoms with Crippen molar-refractivity contribution < 1.29 is 4.18 Å². The van der Waals surface area contributed by atoms with Crippen molar-refractivity contribution in [1.29, 1.82) is 0 Å². The van der Waals surface area contributed by atoms with E-state index in [2.05, 4.69) is 57.2 Å². The largest absolute Gasteiger partial charge is 0.426 e. The summed E-state index contributed by atoms with van der Waals surface area (Å²) >= 11 is 1.30. The lowest BCUT2D eigenvalue weighted by Crippen LogP contribution is -2.13. The monoisotopic (exact) mass is 449 g/mol.